The van der Waals surface area contributed by atoms with Gasteiger partial charge in [-0.25, -0.2) is 0 Å². The highest BCUT2D eigenvalue weighted by Crippen LogP contribution is 2.42. The number of esters is 1. The Kier molecular flexibility index (Phi) is 10.9. The number of carbonyl (C=O) groups excluding carboxylic acids is 2. The summed E-state index contributed by atoms with van der Waals surface area (Å²) >= 11 is 13.0. The third-order valence-electron chi connectivity index (χ3n) is 6.58. The summed E-state index contributed by atoms with van der Waals surface area (Å²) in [6, 6.07) is 16.2. The molecule has 0 aliphatic rings. The number of para-hydroxylation sites is 1. The highest BCUT2D eigenvalue weighted by atomic mass is 35.5. The summed E-state index contributed by atoms with van der Waals surface area (Å²) in [6.07, 6.45) is -0.296. The van der Waals surface area contributed by atoms with Crippen LogP contribution in [-0.4, -0.2) is 52.8 Å². The van der Waals surface area contributed by atoms with Crippen molar-refractivity contribution in [2.45, 2.75) is 31.2 Å². The first-order valence-corrected chi connectivity index (χ1v) is 13.2. The molecule has 0 aliphatic heterocycles. The van der Waals surface area contributed by atoms with Crippen LogP contribution < -0.4 is 23.8 Å². The summed E-state index contributed by atoms with van der Waals surface area (Å²) in [5.74, 6) is 0.893. The van der Waals surface area contributed by atoms with Gasteiger partial charge in [0.1, 0.15) is 16.9 Å². The molecule has 0 bridgehead atoms. The van der Waals surface area contributed by atoms with Crippen LogP contribution in [0.1, 0.15) is 36.0 Å². The maximum atomic E-state index is 13.9. The number of methoxy groups -OCH3 is 5. The molecule has 1 amide bonds. The molecular weight excluding hydrogens is 557 g/mol. The quantitative estimate of drug-likeness (QED) is 0.183. The van der Waals surface area contributed by atoms with E-state index in [1.807, 2.05) is 31.2 Å². The van der Waals surface area contributed by atoms with Crippen molar-refractivity contribution < 1.29 is 33.3 Å². The zero-order valence-electron chi connectivity index (χ0n) is 23.3. The number of carbonyl (C=O) groups is 2. The van der Waals surface area contributed by atoms with Crippen molar-refractivity contribution in [3.8, 4) is 23.0 Å². The monoisotopic (exact) mass is 589 g/mol. The zero-order chi connectivity index (χ0) is 29.4. The number of ether oxygens (including phenoxy) is 5. The van der Waals surface area contributed by atoms with E-state index in [0.717, 1.165) is 11.1 Å². The van der Waals surface area contributed by atoms with E-state index in [0.29, 0.717) is 39.3 Å². The number of anilines is 1. The Morgan fingerprint density at radius 2 is 1.57 bits per heavy atom. The molecule has 8 nitrogen and oxygen atoms in total. The van der Waals surface area contributed by atoms with Crippen molar-refractivity contribution in [2.24, 2.45) is 0 Å². The zero-order valence-corrected chi connectivity index (χ0v) is 24.8. The minimum atomic E-state index is -1.18. The van der Waals surface area contributed by atoms with Crippen LogP contribution in [0, 0.1) is 0 Å². The van der Waals surface area contributed by atoms with Gasteiger partial charge in [-0.3, -0.25) is 9.59 Å². The van der Waals surface area contributed by atoms with Gasteiger partial charge in [-0.1, -0.05) is 30.7 Å². The summed E-state index contributed by atoms with van der Waals surface area (Å²) < 4.78 is 26.9. The van der Waals surface area contributed by atoms with Crippen molar-refractivity contribution in [3.63, 3.8) is 0 Å². The molecule has 3 rings (SSSR count). The summed E-state index contributed by atoms with van der Waals surface area (Å²) in [5.41, 5.74) is 2.82. The Morgan fingerprint density at radius 1 is 0.850 bits per heavy atom. The van der Waals surface area contributed by atoms with Crippen LogP contribution >= 0.6 is 23.2 Å². The van der Waals surface area contributed by atoms with Crippen LogP contribution in [0.5, 0.6) is 23.0 Å². The van der Waals surface area contributed by atoms with Crippen LogP contribution in [0.15, 0.2) is 54.6 Å². The maximum Gasteiger partial charge on any atom is 0.307 e. The number of hydrogen-bond donors (Lipinski definition) is 0. The van der Waals surface area contributed by atoms with Gasteiger partial charge in [0.2, 0.25) is 5.91 Å². The highest BCUT2D eigenvalue weighted by Gasteiger charge is 2.30. The average Bonchev–Trinajstić information content (AvgIpc) is 2.98. The van der Waals surface area contributed by atoms with E-state index in [9.17, 15) is 9.59 Å². The number of amides is 1. The lowest BCUT2D eigenvalue weighted by Gasteiger charge is -2.30. The highest BCUT2D eigenvalue weighted by molar-refractivity contribution is 6.34. The van der Waals surface area contributed by atoms with E-state index in [1.54, 1.807) is 51.7 Å². The molecule has 10 heteroatoms. The number of halogens is 2. The third kappa shape index (κ3) is 6.92. The maximum absolute atomic E-state index is 13.9. The van der Waals surface area contributed by atoms with Gasteiger partial charge in [0, 0.05) is 33.8 Å². The largest absolute Gasteiger partial charge is 0.497 e. The van der Waals surface area contributed by atoms with Gasteiger partial charge in [0.15, 0.2) is 11.5 Å². The molecule has 40 heavy (non-hydrogen) atoms. The van der Waals surface area contributed by atoms with Crippen LogP contribution in [0.3, 0.4) is 0 Å². The van der Waals surface area contributed by atoms with Gasteiger partial charge >= 0.3 is 5.97 Å². The summed E-state index contributed by atoms with van der Waals surface area (Å²) in [6.45, 7) is 2.07. The molecule has 2 unspecified atom stereocenters. The molecule has 0 aromatic heterocycles. The SMILES string of the molecule is COC(=O)CC(Cl)C(=O)N(Cc1ccc(OC)cc1OC)c1ccc(Cl)cc1C(C)c1cccc(OC)c1OC. The first-order chi connectivity index (χ1) is 19.2. The number of alkyl halides is 1. The molecule has 0 N–H and O–H groups in total. The topological polar surface area (TPSA) is 83.5 Å². The van der Waals surface area contributed by atoms with Gasteiger partial charge in [-0.2, -0.15) is 0 Å². The predicted molar refractivity (Wildman–Crippen MR) is 156 cm³/mol. The normalized spacial score (nSPS) is 12.2. The molecule has 2 atom stereocenters. The fourth-order valence-corrected chi connectivity index (χ4v) is 4.88. The Bertz CT molecular complexity index is 1350. The van der Waals surface area contributed by atoms with Crippen LogP contribution in [0.2, 0.25) is 5.02 Å². The summed E-state index contributed by atoms with van der Waals surface area (Å²) in [7, 11) is 7.49. The minimum absolute atomic E-state index is 0.0903. The van der Waals surface area contributed by atoms with Crippen LogP contribution in [0.25, 0.3) is 0 Å². The fraction of sp³-hybridized carbons (Fsp3) is 0.333. The van der Waals surface area contributed by atoms with Crippen molar-refractivity contribution in [1.29, 1.82) is 0 Å². The molecule has 3 aromatic rings. The number of nitrogens with zero attached hydrogens (tertiary/aromatic N) is 1. The molecule has 0 saturated heterocycles. The molecule has 3 aromatic carbocycles. The second kappa shape index (κ2) is 14.1. The van der Waals surface area contributed by atoms with E-state index in [-0.39, 0.29) is 18.9 Å². The van der Waals surface area contributed by atoms with Crippen LogP contribution in [0.4, 0.5) is 5.69 Å². The molecule has 0 fully saturated rings. The Morgan fingerprint density at radius 3 is 2.20 bits per heavy atom. The molecule has 0 heterocycles. The number of hydrogen-bond acceptors (Lipinski definition) is 7. The van der Waals surface area contributed by atoms with Crippen LogP contribution in [-0.2, 0) is 20.9 Å². The predicted octanol–water partition coefficient (Wildman–Crippen LogP) is 6.23. The number of rotatable bonds is 12. The van der Waals surface area contributed by atoms with Crippen molar-refractivity contribution in [1.82, 2.24) is 0 Å². The van der Waals surface area contributed by atoms with E-state index in [1.165, 1.54) is 19.1 Å². The lowest BCUT2D eigenvalue weighted by Crippen LogP contribution is -2.38. The second-order valence-electron chi connectivity index (χ2n) is 8.86. The Labute approximate surface area is 244 Å². The number of benzene rings is 3. The molecule has 0 radical (unpaired) electrons. The van der Waals surface area contributed by atoms with Crippen molar-refractivity contribution in [3.05, 3.63) is 76.3 Å². The van der Waals surface area contributed by atoms with Crippen molar-refractivity contribution in [2.75, 3.05) is 40.4 Å². The van der Waals surface area contributed by atoms with Gasteiger partial charge in [0.25, 0.3) is 0 Å². The lowest BCUT2D eigenvalue weighted by atomic mass is 9.90. The van der Waals surface area contributed by atoms with Crippen molar-refractivity contribution >= 4 is 40.8 Å². The Balaban J connectivity index is 2.19. The molecular formula is C30H33Cl2NO7. The van der Waals surface area contributed by atoms with Gasteiger partial charge < -0.3 is 28.6 Å². The van der Waals surface area contributed by atoms with E-state index >= 15 is 0 Å². The third-order valence-corrected chi connectivity index (χ3v) is 7.15. The smallest absolute Gasteiger partial charge is 0.307 e. The van der Waals surface area contributed by atoms with E-state index < -0.39 is 17.3 Å². The van der Waals surface area contributed by atoms with Gasteiger partial charge in [-0.15, -0.1) is 11.6 Å². The average molecular weight is 591 g/mol. The lowest BCUT2D eigenvalue weighted by molar-refractivity contribution is -0.141. The van der Waals surface area contributed by atoms with E-state index in [4.69, 9.17) is 46.9 Å². The molecule has 0 aliphatic carbocycles. The second-order valence-corrected chi connectivity index (χ2v) is 9.82. The standard InChI is InChI=1S/C30H33Cl2NO7/c1-18(22-8-7-9-26(37-3)29(22)40-6)23-14-20(31)11-13-25(23)33(30(35)24(32)16-28(34)39-5)17-19-10-12-21(36-2)15-27(19)38-4/h7-15,18,24H,16-17H2,1-6H3. The minimum Gasteiger partial charge on any atom is -0.497 e. The Hall–Kier alpha value is -3.62. The fourth-order valence-electron chi connectivity index (χ4n) is 4.46. The molecule has 0 spiro atoms. The van der Waals surface area contributed by atoms with Gasteiger partial charge in [0.05, 0.1) is 48.5 Å². The molecule has 214 valence electrons. The molecule has 0 saturated carbocycles. The van der Waals surface area contributed by atoms with E-state index in [2.05, 4.69) is 0 Å². The summed E-state index contributed by atoms with van der Waals surface area (Å²) in [5, 5.41) is -0.694. The first kappa shape index (κ1) is 30.9. The van der Waals surface area contributed by atoms with Gasteiger partial charge in [-0.05, 0) is 42.0 Å². The first-order valence-electron chi connectivity index (χ1n) is 12.4. The summed E-state index contributed by atoms with van der Waals surface area (Å²) in [4.78, 5) is 27.4.